The minimum absolute atomic E-state index is 0.0544. The number of hydrogen-bond acceptors (Lipinski definition) is 4. The van der Waals surface area contributed by atoms with Crippen LogP contribution in [0.1, 0.15) is 48.0 Å². The van der Waals surface area contributed by atoms with Crippen molar-refractivity contribution in [2.75, 3.05) is 0 Å². The van der Waals surface area contributed by atoms with Gasteiger partial charge in [-0.25, -0.2) is 4.98 Å². The second-order valence-electron chi connectivity index (χ2n) is 6.67. The molecule has 1 aromatic heterocycles. The summed E-state index contributed by atoms with van der Waals surface area (Å²) in [5, 5.41) is 12.1. The number of nitrogens with zero attached hydrogens (tertiary/aromatic N) is 1. The van der Waals surface area contributed by atoms with Gasteiger partial charge in [0.25, 0.3) is 5.91 Å². The number of amides is 1. The summed E-state index contributed by atoms with van der Waals surface area (Å²) >= 11 is 0. The van der Waals surface area contributed by atoms with Crippen molar-refractivity contribution < 1.29 is 19.4 Å². The molecule has 2 aromatic rings. The van der Waals surface area contributed by atoms with Crippen molar-refractivity contribution in [1.29, 1.82) is 0 Å². The van der Waals surface area contributed by atoms with E-state index in [1.54, 1.807) is 12.1 Å². The maximum Gasteiger partial charge on any atom is 0.305 e. The molecule has 0 aliphatic heterocycles. The molecule has 1 fully saturated rings. The number of benzene rings is 1. The maximum atomic E-state index is 12.6. The molecule has 6 heteroatoms. The Morgan fingerprint density at radius 2 is 1.88 bits per heavy atom. The van der Waals surface area contributed by atoms with Crippen LogP contribution >= 0.6 is 0 Å². The first-order valence-electron chi connectivity index (χ1n) is 8.73. The molecule has 1 aromatic carbocycles. The molecule has 2 N–H and O–H groups in total. The Balaban J connectivity index is 1.66. The Labute approximate surface area is 152 Å². The number of carboxylic acid groups (broad SMARTS) is 1. The van der Waals surface area contributed by atoms with Gasteiger partial charge in [0.05, 0.1) is 12.0 Å². The van der Waals surface area contributed by atoms with Crippen molar-refractivity contribution in [1.82, 2.24) is 10.3 Å². The highest BCUT2D eigenvalue weighted by atomic mass is 16.5. The lowest BCUT2D eigenvalue weighted by atomic mass is 9.92. The summed E-state index contributed by atoms with van der Waals surface area (Å²) in [4.78, 5) is 27.9. The van der Waals surface area contributed by atoms with Gasteiger partial charge in [-0.3, -0.25) is 9.59 Å². The van der Waals surface area contributed by atoms with E-state index in [0.29, 0.717) is 30.9 Å². The molecular weight excluding hydrogens is 332 g/mol. The minimum Gasteiger partial charge on any atom is -0.481 e. The fourth-order valence-corrected chi connectivity index (χ4v) is 3.36. The molecular formula is C20H22N2O4. The Hall–Kier alpha value is -2.89. The molecule has 1 aliphatic carbocycles. The zero-order valence-corrected chi connectivity index (χ0v) is 14.5. The lowest BCUT2D eigenvalue weighted by molar-refractivity contribution is -0.138. The quantitative estimate of drug-likeness (QED) is 0.797. The number of aliphatic carboxylic acids is 1. The zero-order chi connectivity index (χ0) is 18.4. The SMILES string of the molecule is O=C(O)CC1(NC(=O)c2ccnc(OCc3ccccc3)c2)CCCC1. The smallest absolute Gasteiger partial charge is 0.305 e. The van der Waals surface area contributed by atoms with E-state index < -0.39 is 11.5 Å². The monoisotopic (exact) mass is 354 g/mol. The second-order valence-corrected chi connectivity index (χ2v) is 6.67. The van der Waals surface area contributed by atoms with E-state index in [2.05, 4.69) is 10.3 Å². The van der Waals surface area contributed by atoms with Crippen LogP contribution in [0.15, 0.2) is 48.7 Å². The van der Waals surface area contributed by atoms with Gasteiger partial charge >= 0.3 is 5.97 Å². The van der Waals surface area contributed by atoms with E-state index in [9.17, 15) is 9.59 Å². The van der Waals surface area contributed by atoms with Gasteiger partial charge in [0, 0.05) is 17.8 Å². The number of aromatic nitrogens is 1. The molecule has 1 heterocycles. The van der Waals surface area contributed by atoms with Gasteiger partial charge in [-0.1, -0.05) is 43.2 Å². The lowest BCUT2D eigenvalue weighted by Gasteiger charge is -2.28. The van der Waals surface area contributed by atoms with Gasteiger partial charge in [-0.2, -0.15) is 0 Å². The fourth-order valence-electron chi connectivity index (χ4n) is 3.36. The van der Waals surface area contributed by atoms with Crippen molar-refractivity contribution in [2.45, 2.75) is 44.2 Å². The average molecular weight is 354 g/mol. The summed E-state index contributed by atoms with van der Waals surface area (Å²) in [6.07, 6.45) is 4.70. The predicted molar refractivity (Wildman–Crippen MR) is 95.9 cm³/mol. The van der Waals surface area contributed by atoms with Gasteiger partial charge in [0.1, 0.15) is 6.61 Å². The van der Waals surface area contributed by atoms with Gasteiger partial charge in [-0.15, -0.1) is 0 Å². The van der Waals surface area contributed by atoms with Gasteiger partial charge in [-0.05, 0) is 24.5 Å². The molecule has 0 bridgehead atoms. The number of hydrogen-bond donors (Lipinski definition) is 2. The van der Waals surface area contributed by atoms with Crippen LogP contribution in [0.25, 0.3) is 0 Å². The highest BCUT2D eigenvalue weighted by Crippen LogP contribution is 2.33. The fraction of sp³-hybridized carbons (Fsp3) is 0.350. The number of carboxylic acids is 1. The van der Waals surface area contributed by atoms with E-state index in [1.165, 1.54) is 6.20 Å². The molecule has 1 saturated carbocycles. The molecule has 6 nitrogen and oxygen atoms in total. The average Bonchev–Trinajstić information content (AvgIpc) is 3.08. The third-order valence-corrected chi connectivity index (χ3v) is 4.66. The molecule has 26 heavy (non-hydrogen) atoms. The zero-order valence-electron chi connectivity index (χ0n) is 14.5. The molecule has 0 unspecified atom stereocenters. The van der Waals surface area contributed by atoms with Crippen molar-refractivity contribution >= 4 is 11.9 Å². The summed E-state index contributed by atoms with van der Waals surface area (Å²) < 4.78 is 5.66. The number of pyridine rings is 1. The summed E-state index contributed by atoms with van der Waals surface area (Å²) in [6.45, 7) is 0.363. The highest BCUT2D eigenvalue weighted by Gasteiger charge is 2.37. The molecule has 3 rings (SSSR count). The van der Waals surface area contributed by atoms with Crippen LogP contribution in [-0.2, 0) is 11.4 Å². The van der Waals surface area contributed by atoms with Crippen LogP contribution in [0.3, 0.4) is 0 Å². The van der Waals surface area contributed by atoms with E-state index in [0.717, 1.165) is 18.4 Å². The van der Waals surface area contributed by atoms with Crippen molar-refractivity contribution in [3.63, 3.8) is 0 Å². The van der Waals surface area contributed by atoms with Gasteiger partial charge in [0.15, 0.2) is 0 Å². The first kappa shape index (κ1) is 17.9. The summed E-state index contributed by atoms with van der Waals surface area (Å²) in [5.74, 6) is -0.825. The Kier molecular flexibility index (Phi) is 5.51. The molecule has 0 radical (unpaired) electrons. The second kappa shape index (κ2) is 7.99. The van der Waals surface area contributed by atoms with Crippen LogP contribution in [0.5, 0.6) is 5.88 Å². The van der Waals surface area contributed by atoms with E-state index in [4.69, 9.17) is 9.84 Å². The normalized spacial score (nSPS) is 15.4. The number of rotatable bonds is 7. The van der Waals surface area contributed by atoms with Crippen LogP contribution < -0.4 is 10.1 Å². The largest absolute Gasteiger partial charge is 0.481 e. The van der Waals surface area contributed by atoms with Gasteiger partial charge < -0.3 is 15.2 Å². The van der Waals surface area contributed by atoms with Gasteiger partial charge in [0.2, 0.25) is 5.88 Å². The Bertz CT molecular complexity index is 770. The van der Waals surface area contributed by atoms with E-state index in [1.807, 2.05) is 30.3 Å². The molecule has 1 amide bonds. The summed E-state index contributed by atoms with van der Waals surface area (Å²) in [6, 6.07) is 12.9. The lowest BCUT2D eigenvalue weighted by Crippen LogP contribution is -2.47. The first-order chi connectivity index (χ1) is 12.6. The van der Waals surface area contributed by atoms with Crippen LogP contribution in [0.4, 0.5) is 0 Å². The summed E-state index contributed by atoms with van der Waals surface area (Å²) in [7, 11) is 0. The maximum absolute atomic E-state index is 12.6. The molecule has 0 atom stereocenters. The molecule has 136 valence electrons. The van der Waals surface area contributed by atoms with Crippen LogP contribution in [0.2, 0.25) is 0 Å². The molecule has 0 spiro atoms. The van der Waals surface area contributed by atoms with Crippen molar-refractivity contribution in [3.8, 4) is 5.88 Å². The topological polar surface area (TPSA) is 88.5 Å². The van der Waals surface area contributed by atoms with Crippen molar-refractivity contribution in [3.05, 3.63) is 59.8 Å². The standard InChI is InChI=1S/C20H22N2O4/c23-18(24)13-20(9-4-5-10-20)22-19(25)16-8-11-21-17(12-16)26-14-15-6-2-1-3-7-15/h1-3,6-8,11-12H,4-5,9-10,13-14H2,(H,22,25)(H,23,24). The third kappa shape index (κ3) is 4.59. The van der Waals surface area contributed by atoms with Crippen molar-refractivity contribution in [2.24, 2.45) is 0 Å². The molecule has 0 saturated heterocycles. The number of carbonyl (C=O) groups is 2. The third-order valence-electron chi connectivity index (χ3n) is 4.66. The van der Waals surface area contributed by atoms with E-state index in [-0.39, 0.29) is 12.3 Å². The number of carbonyl (C=O) groups excluding carboxylic acids is 1. The number of nitrogens with one attached hydrogen (secondary N) is 1. The molecule has 1 aliphatic rings. The number of ether oxygens (including phenoxy) is 1. The predicted octanol–water partition coefficient (Wildman–Crippen LogP) is 3.18. The Morgan fingerprint density at radius 1 is 1.15 bits per heavy atom. The summed E-state index contributed by atoms with van der Waals surface area (Å²) in [5.41, 5.74) is 0.771. The van der Waals surface area contributed by atoms with Crippen LogP contribution in [-0.4, -0.2) is 27.5 Å². The highest BCUT2D eigenvalue weighted by molar-refractivity contribution is 5.95. The van der Waals surface area contributed by atoms with E-state index >= 15 is 0 Å². The Morgan fingerprint density at radius 3 is 2.58 bits per heavy atom. The first-order valence-corrected chi connectivity index (χ1v) is 8.73. The minimum atomic E-state index is -0.895. The van der Waals surface area contributed by atoms with Crippen LogP contribution in [0, 0.1) is 0 Å².